The fourth-order valence-electron chi connectivity index (χ4n) is 7.72. The van der Waals surface area contributed by atoms with Crippen LogP contribution in [0.1, 0.15) is 55.4 Å². The number of carbonyl (C=O) groups is 4. The number of aliphatic hydroxyl groups excluding tert-OH is 1. The number of likely N-dealkylation sites (N-methyl/N-ethyl adjacent to an activating group) is 1. The van der Waals surface area contributed by atoms with Crippen molar-refractivity contribution in [1.29, 1.82) is 0 Å². The number of esters is 1. The zero-order valence-electron chi connectivity index (χ0n) is 28.1. The number of allylic oxidation sites excluding steroid dienone is 1. The zero-order valence-corrected chi connectivity index (χ0v) is 28.1. The van der Waals surface area contributed by atoms with Crippen LogP contribution in [0.25, 0.3) is 0 Å². The Hall–Kier alpha value is -4.28. The number of aryl methyl sites for hydroxylation is 2. The van der Waals surface area contributed by atoms with Crippen LogP contribution in [-0.2, 0) is 28.7 Å². The van der Waals surface area contributed by atoms with E-state index in [1.165, 1.54) is 0 Å². The van der Waals surface area contributed by atoms with Crippen LogP contribution < -0.4 is 4.90 Å². The van der Waals surface area contributed by atoms with Gasteiger partial charge in [0.25, 0.3) is 5.91 Å². The minimum Gasteiger partial charge on any atom is -0.455 e. The molecule has 0 aliphatic carbocycles. The second kappa shape index (κ2) is 13.7. The van der Waals surface area contributed by atoms with E-state index in [9.17, 15) is 24.3 Å². The van der Waals surface area contributed by atoms with Crippen LogP contribution in [0, 0.1) is 25.7 Å². The molecular formula is C38H45N3O7. The summed E-state index contributed by atoms with van der Waals surface area (Å²) in [5, 5.41) is 9.55. The number of benzene rings is 2. The first kappa shape index (κ1) is 33.6. The summed E-state index contributed by atoms with van der Waals surface area (Å²) in [5.41, 5.74) is 1.95. The molecule has 4 heterocycles. The number of ether oxygens (including phenoxy) is 2. The number of rotatable bonds is 6. The quantitative estimate of drug-likeness (QED) is 0.284. The van der Waals surface area contributed by atoms with Gasteiger partial charge >= 0.3 is 5.97 Å². The van der Waals surface area contributed by atoms with Crippen molar-refractivity contribution in [2.24, 2.45) is 11.8 Å². The van der Waals surface area contributed by atoms with Crippen molar-refractivity contribution in [3.05, 3.63) is 89.5 Å². The molecule has 5 bridgehead atoms. The first-order valence-corrected chi connectivity index (χ1v) is 16.9. The number of anilines is 1. The first-order chi connectivity index (χ1) is 23.1. The molecule has 48 heavy (non-hydrogen) atoms. The monoisotopic (exact) mass is 655 g/mol. The Labute approximate surface area is 282 Å². The Balaban J connectivity index is 1.46. The van der Waals surface area contributed by atoms with E-state index < -0.39 is 47.7 Å². The molecule has 0 radical (unpaired) electrons. The highest BCUT2D eigenvalue weighted by Gasteiger charge is 2.73. The maximum atomic E-state index is 15.0. The zero-order chi connectivity index (χ0) is 34.2. The van der Waals surface area contributed by atoms with Crippen LogP contribution in [-0.4, -0.2) is 89.1 Å². The van der Waals surface area contributed by atoms with Crippen molar-refractivity contribution < 1.29 is 33.8 Å². The van der Waals surface area contributed by atoms with Crippen molar-refractivity contribution in [2.45, 2.75) is 76.3 Å². The Bertz CT molecular complexity index is 1620. The normalized spacial score (nSPS) is 31.4. The lowest BCUT2D eigenvalue weighted by molar-refractivity contribution is -0.164. The van der Waals surface area contributed by atoms with Crippen molar-refractivity contribution in [3.63, 3.8) is 0 Å². The highest BCUT2D eigenvalue weighted by molar-refractivity contribution is 6.05. The van der Waals surface area contributed by atoms with Gasteiger partial charge in [0, 0.05) is 38.9 Å². The molecule has 2 fully saturated rings. The lowest BCUT2D eigenvalue weighted by Crippen LogP contribution is -2.56. The molecule has 7 atom stereocenters. The summed E-state index contributed by atoms with van der Waals surface area (Å²) in [6.45, 7) is 6.16. The average molecular weight is 656 g/mol. The van der Waals surface area contributed by atoms with E-state index >= 15 is 0 Å². The molecule has 3 amide bonds. The molecule has 0 aromatic heterocycles. The van der Waals surface area contributed by atoms with Crippen LogP contribution in [0.4, 0.5) is 5.69 Å². The Morgan fingerprint density at radius 1 is 0.979 bits per heavy atom. The number of nitrogens with zero attached hydrogens (tertiary/aromatic N) is 3. The number of likely N-dealkylation sites (tertiary alicyclic amines) is 1. The van der Waals surface area contributed by atoms with Gasteiger partial charge < -0.3 is 29.3 Å². The molecular weight excluding hydrogens is 610 g/mol. The van der Waals surface area contributed by atoms with Gasteiger partial charge in [-0.1, -0.05) is 66.8 Å². The van der Waals surface area contributed by atoms with Gasteiger partial charge in [0.15, 0.2) is 0 Å². The molecule has 2 aromatic carbocycles. The molecule has 10 nitrogen and oxygen atoms in total. The van der Waals surface area contributed by atoms with Crippen molar-refractivity contribution in [1.82, 2.24) is 9.80 Å². The third-order valence-electron chi connectivity index (χ3n) is 10.4. The first-order valence-electron chi connectivity index (χ1n) is 16.9. The van der Waals surface area contributed by atoms with Gasteiger partial charge in [0.05, 0.1) is 18.1 Å². The third-order valence-corrected chi connectivity index (χ3v) is 10.4. The number of aliphatic hydroxyl groups is 1. The van der Waals surface area contributed by atoms with E-state index in [0.29, 0.717) is 24.9 Å². The maximum Gasteiger partial charge on any atom is 0.313 e. The highest BCUT2D eigenvalue weighted by atomic mass is 16.6. The van der Waals surface area contributed by atoms with Crippen LogP contribution in [0.15, 0.2) is 72.8 Å². The smallest absolute Gasteiger partial charge is 0.313 e. The minimum atomic E-state index is -1.37. The fourth-order valence-corrected chi connectivity index (χ4v) is 7.72. The number of unbranched alkanes of at least 4 members (excludes halogenated alkanes) is 1. The maximum absolute atomic E-state index is 15.0. The van der Waals surface area contributed by atoms with E-state index in [0.717, 1.165) is 16.7 Å². The summed E-state index contributed by atoms with van der Waals surface area (Å²) in [5.74, 6) is -3.32. The van der Waals surface area contributed by atoms with Crippen LogP contribution >= 0.6 is 0 Å². The number of amides is 3. The lowest BCUT2D eigenvalue weighted by atomic mass is 9.74. The molecule has 0 unspecified atom stereocenters. The van der Waals surface area contributed by atoms with Crippen LogP contribution in [0.5, 0.6) is 0 Å². The van der Waals surface area contributed by atoms with Gasteiger partial charge in [-0.15, -0.1) is 0 Å². The van der Waals surface area contributed by atoms with Crippen molar-refractivity contribution >= 4 is 29.4 Å². The highest BCUT2D eigenvalue weighted by Crippen LogP contribution is 2.56. The standard InChI is InChI=1S/C38H45N3O7/c1-24-16-17-25(2)28(23-24)40-20-10-6-9-15-30(43)39(4)26(3)33(27-13-7-5-8-14-27)47-37(46)31-29-18-19-38(48-29)32(31)35(44)41(21-11-12-22-42)34(38)36(40)45/h5-8,10,13-14,16-19,23,26,29,31-34,42H,9,11-12,15,20-22H2,1-4H3/b10-6-/t26-,29+,31-,32-,33+,34+,38-/m1/s1. The fraction of sp³-hybridized carbons (Fsp3) is 0.474. The largest absolute Gasteiger partial charge is 0.455 e. The van der Waals surface area contributed by atoms with Gasteiger partial charge in [0.2, 0.25) is 11.8 Å². The molecule has 4 aliphatic heterocycles. The van der Waals surface area contributed by atoms with E-state index in [1.807, 2.05) is 81.5 Å². The molecule has 1 N–H and O–H groups in total. The summed E-state index contributed by atoms with van der Waals surface area (Å²) in [6.07, 6.45) is 7.46. The molecule has 2 aromatic rings. The van der Waals surface area contributed by atoms with E-state index in [2.05, 4.69) is 0 Å². The Morgan fingerprint density at radius 3 is 2.50 bits per heavy atom. The topological polar surface area (TPSA) is 117 Å². The number of hydrogen-bond acceptors (Lipinski definition) is 7. The Morgan fingerprint density at radius 2 is 1.75 bits per heavy atom. The van der Waals surface area contributed by atoms with Gasteiger partial charge in [-0.2, -0.15) is 0 Å². The number of hydrogen-bond donors (Lipinski definition) is 1. The van der Waals surface area contributed by atoms with Gasteiger partial charge in [-0.05, 0) is 62.8 Å². The van der Waals surface area contributed by atoms with Crippen LogP contribution in [0.3, 0.4) is 0 Å². The predicted molar refractivity (Wildman–Crippen MR) is 180 cm³/mol. The van der Waals surface area contributed by atoms with Crippen molar-refractivity contribution in [2.75, 3.05) is 31.6 Å². The Kier molecular flexibility index (Phi) is 9.58. The summed E-state index contributed by atoms with van der Waals surface area (Å²) in [4.78, 5) is 62.0. The summed E-state index contributed by atoms with van der Waals surface area (Å²) in [7, 11) is 1.71. The molecule has 10 heteroatoms. The van der Waals surface area contributed by atoms with E-state index in [-0.39, 0.29) is 43.8 Å². The SMILES string of the molecule is Cc1ccc(C)c(N2C/C=C\CCC(=O)N(C)[C@H](C)[C@@H](c3ccccc3)OC(=O)[C@@H]3[C@@H]4C=C[C@]5(O4)[C@H](C2=O)N(CCCCO)C(=O)[C@@H]35)c1. The summed E-state index contributed by atoms with van der Waals surface area (Å²) >= 11 is 0. The number of cyclic esters (lactones) is 1. The molecule has 0 saturated carbocycles. The molecule has 4 aliphatic rings. The second-order valence-corrected chi connectivity index (χ2v) is 13.4. The van der Waals surface area contributed by atoms with Gasteiger partial charge in [-0.25, -0.2) is 0 Å². The summed E-state index contributed by atoms with van der Waals surface area (Å²) in [6, 6.07) is 13.7. The molecule has 6 rings (SSSR count). The van der Waals surface area contributed by atoms with Crippen molar-refractivity contribution in [3.8, 4) is 0 Å². The average Bonchev–Trinajstić information content (AvgIpc) is 3.73. The molecule has 2 saturated heterocycles. The molecule has 254 valence electrons. The molecule has 1 spiro atoms. The number of carbonyl (C=O) groups excluding carboxylic acids is 4. The second-order valence-electron chi connectivity index (χ2n) is 13.4. The van der Waals surface area contributed by atoms with Crippen LogP contribution in [0.2, 0.25) is 0 Å². The van der Waals surface area contributed by atoms with Gasteiger partial charge in [-0.3, -0.25) is 19.2 Å². The minimum absolute atomic E-state index is 0.0436. The third kappa shape index (κ3) is 5.85. The van der Waals surface area contributed by atoms with E-state index in [4.69, 9.17) is 9.47 Å². The number of fused-ring (bicyclic) bond motifs is 2. The van der Waals surface area contributed by atoms with E-state index in [1.54, 1.807) is 33.9 Å². The predicted octanol–water partition coefficient (Wildman–Crippen LogP) is 4.04. The summed E-state index contributed by atoms with van der Waals surface area (Å²) < 4.78 is 12.9. The lowest BCUT2D eigenvalue weighted by Gasteiger charge is -2.36. The van der Waals surface area contributed by atoms with Gasteiger partial charge in [0.1, 0.15) is 23.7 Å².